The number of aryl methyl sites for hydroxylation is 1. The van der Waals surface area contributed by atoms with Gasteiger partial charge >= 0.3 is 17.9 Å². The Morgan fingerprint density at radius 3 is 2.73 bits per heavy atom. The fraction of sp³-hybridized carbons (Fsp3) is 0.350. The van der Waals surface area contributed by atoms with E-state index in [4.69, 9.17) is 9.57 Å². The number of halogens is 3. The zero-order chi connectivity index (χ0) is 21.9. The van der Waals surface area contributed by atoms with Gasteiger partial charge in [0.15, 0.2) is 0 Å². The Hall–Kier alpha value is -3.30. The lowest BCUT2D eigenvalue weighted by Crippen LogP contribution is -2.43. The predicted molar refractivity (Wildman–Crippen MR) is 104 cm³/mol. The molecule has 1 heterocycles. The van der Waals surface area contributed by atoms with Crippen molar-refractivity contribution in [2.75, 3.05) is 13.7 Å². The summed E-state index contributed by atoms with van der Waals surface area (Å²) in [4.78, 5) is 18.1. The second-order valence-electron chi connectivity index (χ2n) is 6.85. The van der Waals surface area contributed by atoms with Gasteiger partial charge in [-0.05, 0) is 31.0 Å². The van der Waals surface area contributed by atoms with Crippen LogP contribution >= 0.6 is 0 Å². The first kappa shape index (κ1) is 21.4. The summed E-state index contributed by atoms with van der Waals surface area (Å²) in [6.07, 6.45) is 3.24. The highest BCUT2D eigenvalue weighted by Crippen LogP contribution is 2.31. The lowest BCUT2D eigenvalue weighted by molar-refractivity contribution is -0.137. The van der Waals surface area contributed by atoms with Crippen LogP contribution in [-0.4, -0.2) is 33.8 Å². The molecule has 3 rings (SSSR count). The number of oxime groups is 1. The fourth-order valence-electron chi connectivity index (χ4n) is 3.16. The van der Waals surface area contributed by atoms with Gasteiger partial charge in [0.2, 0.25) is 0 Å². The second kappa shape index (κ2) is 8.21. The van der Waals surface area contributed by atoms with Crippen molar-refractivity contribution < 1.29 is 22.7 Å². The van der Waals surface area contributed by atoms with Crippen LogP contribution in [0.1, 0.15) is 24.5 Å². The van der Waals surface area contributed by atoms with Crippen molar-refractivity contribution in [2.45, 2.75) is 25.1 Å². The number of allylic oxidation sites excluding steroid dienone is 3. The molecule has 0 saturated carbocycles. The van der Waals surface area contributed by atoms with Crippen LogP contribution in [-0.2, 0) is 23.6 Å². The zero-order valence-electron chi connectivity index (χ0n) is 16.7. The Kier molecular flexibility index (Phi) is 5.86. The minimum absolute atomic E-state index is 0.0495. The number of rotatable bonds is 6. The van der Waals surface area contributed by atoms with Gasteiger partial charge < -0.3 is 9.57 Å². The van der Waals surface area contributed by atoms with Crippen molar-refractivity contribution in [2.24, 2.45) is 12.2 Å². The number of nitrogens with zero attached hydrogens (tertiary/aromatic N) is 4. The number of hydrogen-bond acceptors (Lipinski definition) is 5. The van der Waals surface area contributed by atoms with Crippen LogP contribution in [0.3, 0.4) is 0 Å². The number of benzene rings is 1. The maximum absolute atomic E-state index is 12.9. The van der Waals surface area contributed by atoms with Crippen molar-refractivity contribution in [3.8, 4) is 6.01 Å². The molecule has 0 radical (unpaired) electrons. The fourth-order valence-corrected chi connectivity index (χ4v) is 3.16. The molecule has 1 atom stereocenters. The molecule has 0 spiro atoms. The van der Waals surface area contributed by atoms with Crippen molar-refractivity contribution in [3.05, 3.63) is 70.2 Å². The van der Waals surface area contributed by atoms with Crippen LogP contribution in [0.15, 0.2) is 58.5 Å². The minimum atomic E-state index is -4.45. The summed E-state index contributed by atoms with van der Waals surface area (Å²) in [7, 11) is 2.92. The average molecular weight is 422 g/mol. The molecule has 7 nitrogen and oxygen atoms in total. The predicted octanol–water partition coefficient (Wildman–Crippen LogP) is 3.26. The quantitative estimate of drug-likeness (QED) is 0.529. The normalized spacial score (nSPS) is 19.2. The number of hydrogen-bond donors (Lipinski definition) is 0. The van der Waals surface area contributed by atoms with E-state index in [9.17, 15) is 18.0 Å². The molecule has 1 aromatic heterocycles. The van der Waals surface area contributed by atoms with Gasteiger partial charge in [-0.3, -0.25) is 0 Å². The first-order valence-electron chi connectivity index (χ1n) is 9.07. The van der Waals surface area contributed by atoms with Crippen LogP contribution < -0.4 is 10.4 Å². The molecular formula is C20H21F3N4O3. The lowest BCUT2D eigenvalue weighted by Gasteiger charge is -2.30. The number of aromatic nitrogens is 3. The molecule has 1 aliphatic carbocycles. The Balaban J connectivity index is 1.88. The van der Waals surface area contributed by atoms with Crippen LogP contribution in [0.25, 0.3) is 0 Å². The smallest absolute Gasteiger partial charge is 0.416 e. The first-order chi connectivity index (χ1) is 14.2. The van der Waals surface area contributed by atoms with E-state index in [2.05, 4.69) is 10.3 Å². The molecule has 0 saturated heterocycles. The van der Waals surface area contributed by atoms with Crippen molar-refractivity contribution >= 4 is 5.71 Å². The summed E-state index contributed by atoms with van der Waals surface area (Å²) in [6.45, 7) is 1.50. The van der Waals surface area contributed by atoms with Crippen molar-refractivity contribution in [1.29, 1.82) is 0 Å². The Morgan fingerprint density at radius 1 is 1.33 bits per heavy atom. The Bertz CT molecular complexity index is 1070. The third-order valence-electron chi connectivity index (χ3n) is 4.77. The van der Waals surface area contributed by atoms with Gasteiger partial charge in [-0.15, -0.1) is 5.10 Å². The van der Waals surface area contributed by atoms with Crippen LogP contribution in [0.4, 0.5) is 13.2 Å². The van der Waals surface area contributed by atoms with Gasteiger partial charge in [0, 0.05) is 7.05 Å². The lowest BCUT2D eigenvalue weighted by atomic mass is 9.92. The topological polar surface area (TPSA) is 70.6 Å². The van der Waals surface area contributed by atoms with E-state index in [1.165, 1.54) is 30.9 Å². The molecule has 2 aromatic rings. The van der Waals surface area contributed by atoms with Gasteiger partial charge in [-0.2, -0.15) is 13.2 Å². The van der Waals surface area contributed by atoms with E-state index in [1.54, 1.807) is 19.1 Å². The highest BCUT2D eigenvalue weighted by molar-refractivity contribution is 5.98. The summed E-state index contributed by atoms with van der Waals surface area (Å²) >= 11 is 0. The summed E-state index contributed by atoms with van der Waals surface area (Å²) in [5, 5.41) is 8.04. The number of alkyl halides is 3. The van der Waals surface area contributed by atoms with Crippen LogP contribution in [0.5, 0.6) is 6.01 Å². The van der Waals surface area contributed by atoms with Crippen molar-refractivity contribution in [3.63, 3.8) is 0 Å². The number of ether oxygens (including phenoxy) is 1. The summed E-state index contributed by atoms with van der Waals surface area (Å²) in [6, 6.07) is 4.95. The maximum atomic E-state index is 12.9. The molecule has 1 aromatic carbocycles. The molecule has 10 heteroatoms. The number of methoxy groups -OCH3 is 1. The van der Waals surface area contributed by atoms with E-state index in [-0.39, 0.29) is 23.9 Å². The second-order valence-corrected chi connectivity index (χ2v) is 6.85. The zero-order valence-corrected chi connectivity index (χ0v) is 16.7. The molecule has 1 aliphatic rings. The summed E-state index contributed by atoms with van der Waals surface area (Å²) < 4.78 is 46.6. The highest BCUT2D eigenvalue weighted by atomic mass is 19.4. The van der Waals surface area contributed by atoms with Gasteiger partial charge in [-0.25, -0.2) is 14.0 Å². The van der Waals surface area contributed by atoms with Crippen LogP contribution in [0.2, 0.25) is 0 Å². The van der Waals surface area contributed by atoms with Crippen LogP contribution in [0, 0.1) is 0 Å². The summed E-state index contributed by atoms with van der Waals surface area (Å²) in [5.74, 6) is 0. The van der Waals surface area contributed by atoms with E-state index >= 15 is 0 Å². The van der Waals surface area contributed by atoms with E-state index < -0.39 is 23.0 Å². The average Bonchev–Trinajstić information content (AvgIpc) is 3.02. The molecular weight excluding hydrogens is 401 g/mol. The molecule has 0 bridgehead atoms. The first-order valence-corrected chi connectivity index (χ1v) is 9.07. The monoisotopic (exact) mass is 422 g/mol. The SMILES string of the molecule is COc1nn(C)c(=O)n1C1(CO/N=C(\C)c2cccc(C(F)(F)F)c2)C=CC=CC1. The molecule has 0 fully saturated rings. The van der Waals surface area contributed by atoms with E-state index in [0.29, 0.717) is 6.42 Å². The largest absolute Gasteiger partial charge is 0.467 e. The Morgan fingerprint density at radius 2 is 2.10 bits per heavy atom. The molecule has 30 heavy (non-hydrogen) atoms. The third-order valence-corrected chi connectivity index (χ3v) is 4.77. The Labute approximate surface area is 170 Å². The third kappa shape index (κ3) is 4.17. The molecule has 0 amide bonds. The minimum Gasteiger partial charge on any atom is -0.467 e. The van der Waals surface area contributed by atoms with E-state index in [0.717, 1.165) is 16.8 Å². The maximum Gasteiger partial charge on any atom is 0.416 e. The molecule has 0 aliphatic heterocycles. The molecule has 0 N–H and O–H groups in total. The molecule has 160 valence electrons. The van der Waals surface area contributed by atoms with Gasteiger partial charge in [0.25, 0.3) is 0 Å². The standard InChI is InChI=1S/C20H21F3N4O3/c1-14(15-8-7-9-16(12-15)20(21,22)23)25-30-13-19(10-5-4-6-11-19)27-17(29-3)24-26(2)18(27)28/h4-10,12H,11,13H2,1-3H3/b25-14+. The van der Waals surface area contributed by atoms with Gasteiger partial charge in [-0.1, -0.05) is 41.6 Å². The van der Waals surface area contributed by atoms with Gasteiger partial charge in [0.05, 0.1) is 18.4 Å². The van der Waals surface area contributed by atoms with E-state index in [1.807, 2.05) is 12.2 Å². The van der Waals surface area contributed by atoms with Gasteiger partial charge in [0.1, 0.15) is 12.1 Å². The highest BCUT2D eigenvalue weighted by Gasteiger charge is 2.36. The molecule has 1 unspecified atom stereocenters. The van der Waals surface area contributed by atoms with Crippen molar-refractivity contribution in [1.82, 2.24) is 14.3 Å². The summed E-state index contributed by atoms with van der Waals surface area (Å²) in [5.41, 5.74) is -1.54.